The molecule has 0 spiro atoms. The van der Waals surface area contributed by atoms with Gasteiger partial charge in [-0.1, -0.05) is 35.5 Å². The summed E-state index contributed by atoms with van der Waals surface area (Å²) in [6, 6.07) is 12.3. The molecule has 1 aromatic heterocycles. The molecule has 136 valence electrons. The minimum atomic E-state index is -1.15. The predicted molar refractivity (Wildman–Crippen MR) is 92.5 cm³/mol. The molecule has 1 heterocycles. The van der Waals surface area contributed by atoms with E-state index in [9.17, 15) is 18.8 Å². The fourth-order valence-electron chi connectivity index (χ4n) is 2.57. The Bertz CT molecular complexity index is 1010. The predicted octanol–water partition coefficient (Wildman–Crippen LogP) is 2.91. The fraction of sp³-hybridized carbons (Fsp3) is 0.158. The second kappa shape index (κ2) is 7.74. The Hall–Kier alpha value is -3.60. The van der Waals surface area contributed by atoms with Crippen LogP contribution in [0.1, 0.15) is 33.4 Å². The van der Waals surface area contributed by atoms with E-state index in [0.29, 0.717) is 12.2 Å². The minimum absolute atomic E-state index is 0.0358. The van der Waals surface area contributed by atoms with Crippen molar-refractivity contribution in [3.8, 4) is 6.07 Å². The summed E-state index contributed by atoms with van der Waals surface area (Å²) in [4.78, 5) is 12.5. The lowest BCUT2D eigenvalue weighted by Gasteiger charge is -2.12. The molecule has 0 fully saturated rings. The van der Waals surface area contributed by atoms with Gasteiger partial charge in [-0.2, -0.15) is 5.26 Å². The molecule has 1 unspecified atom stereocenters. The molecule has 27 heavy (non-hydrogen) atoms. The summed E-state index contributed by atoms with van der Waals surface area (Å²) in [7, 11) is 0. The molecule has 0 aliphatic carbocycles. The van der Waals surface area contributed by atoms with Gasteiger partial charge in [0, 0.05) is 5.56 Å². The largest absolute Gasteiger partial charge is 0.331 e. The first kappa shape index (κ1) is 18.2. The van der Waals surface area contributed by atoms with E-state index in [1.807, 2.05) is 6.07 Å². The molecule has 1 atom stereocenters. The number of nitrogens with one attached hydrogen (secondary N) is 1. The van der Waals surface area contributed by atoms with Crippen molar-refractivity contribution >= 4 is 5.91 Å². The Morgan fingerprint density at radius 2 is 1.93 bits per heavy atom. The van der Waals surface area contributed by atoms with Gasteiger partial charge in [-0.3, -0.25) is 4.79 Å². The Morgan fingerprint density at radius 3 is 2.59 bits per heavy atom. The van der Waals surface area contributed by atoms with E-state index in [1.54, 1.807) is 25.1 Å². The number of nitriles is 1. The molecule has 0 aliphatic rings. The quantitative estimate of drug-likeness (QED) is 0.752. The minimum Gasteiger partial charge on any atom is -0.331 e. The first-order valence-corrected chi connectivity index (χ1v) is 8.09. The van der Waals surface area contributed by atoms with Crippen molar-refractivity contribution in [1.82, 2.24) is 20.3 Å². The molecule has 0 saturated heterocycles. The number of amides is 1. The van der Waals surface area contributed by atoms with Gasteiger partial charge in [0.1, 0.15) is 17.7 Å². The molecule has 1 N–H and O–H groups in total. The zero-order valence-corrected chi connectivity index (χ0v) is 14.4. The van der Waals surface area contributed by atoms with E-state index >= 15 is 0 Å². The van der Waals surface area contributed by atoms with Gasteiger partial charge < -0.3 is 5.32 Å². The van der Waals surface area contributed by atoms with Crippen LogP contribution < -0.4 is 5.32 Å². The molecule has 0 aliphatic heterocycles. The van der Waals surface area contributed by atoms with Crippen molar-refractivity contribution in [2.75, 3.05) is 0 Å². The molecule has 0 bridgehead atoms. The summed E-state index contributed by atoms with van der Waals surface area (Å²) >= 11 is 0. The molecule has 1 amide bonds. The number of aromatic nitrogens is 3. The third kappa shape index (κ3) is 3.98. The van der Waals surface area contributed by atoms with Crippen molar-refractivity contribution in [1.29, 1.82) is 5.26 Å². The monoisotopic (exact) mass is 367 g/mol. The first-order valence-electron chi connectivity index (χ1n) is 8.09. The summed E-state index contributed by atoms with van der Waals surface area (Å²) in [5, 5.41) is 19.5. The number of hydrogen-bond acceptors (Lipinski definition) is 4. The topological polar surface area (TPSA) is 83.6 Å². The average Bonchev–Trinajstić information content (AvgIpc) is 3.02. The lowest BCUT2D eigenvalue weighted by atomic mass is 10.1. The van der Waals surface area contributed by atoms with Gasteiger partial charge in [-0.25, -0.2) is 13.5 Å². The number of hydrogen-bond donors (Lipinski definition) is 1. The van der Waals surface area contributed by atoms with Crippen molar-refractivity contribution in [2.24, 2.45) is 0 Å². The smallest absolute Gasteiger partial charge is 0.275 e. The molecular weight excluding hydrogens is 352 g/mol. The molecule has 6 nitrogen and oxygen atoms in total. The number of benzene rings is 2. The van der Waals surface area contributed by atoms with E-state index in [1.165, 1.54) is 35.0 Å². The van der Waals surface area contributed by atoms with Crippen molar-refractivity contribution < 1.29 is 13.6 Å². The van der Waals surface area contributed by atoms with Crippen LogP contribution in [0.5, 0.6) is 0 Å². The molecule has 3 aromatic rings. The van der Waals surface area contributed by atoms with Gasteiger partial charge in [0.15, 0.2) is 5.69 Å². The normalized spacial score (nSPS) is 11.6. The zero-order valence-electron chi connectivity index (χ0n) is 14.4. The maximum absolute atomic E-state index is 13.9. The van der Waals surface area contributed by atoms with E-state index < -0.39 is 17.8 Å². The number of rotatable bonds is 5. The van der Waals surface area contributed by atoms with E-state index in [4.69, 9.17) is 0 Å². The summed E-state index contributed by atoms with van der Waals surface area (Å²) in [5.74, 6) is -1.56. The number of carbonyl (C=O) groups is 1. The van der Waals surface area contributed by atoms with Crippen LogP contribution in [0.4, 0.5) is 8.78 Å². The Balaban J connectivity index is 1.77. The van der Waals surface area contributed by atoms with Crippen molar-refractivity contribution in [3.05, 3.63) is 82.7 Å². The highest BCUT2D eigenvalue weighted by Crippen LogP contribution is 2.17. The third-order valence-corrected chi connectivity index (χ3v) is 4.06. The Labute approximate surface area is 154 Å². The van der Waals surface area contributed by atoms with Crippen LogP contribution in [0, 0.1) is 29.9 Å². The van der Waals surface area contributed by atoms with Crippen molar-refractivity contribution in [2.45, 2.75) is 19.5 Å². The molecule has 8 heteroatoms. The van der Waals surface area contributed by atoms with Crippen LogP contribution in [-0.4, -0.2) is 20.9 Å². The van der Waals surface area contributed by atoms with Gasteiger partial charge in [0.05, 0.1) is 18.3 Å². The summed E-state index contributed by atoms with van der Waals surface area (Å²) in [6.07, 6.45) is 0. The molecular formula is C19H15F2N5O. The third-order valence-electron chi connectivity index (χ3n) is 4.06. The van der Waals surface area contributed by atoms with Crippen LogP contribution in [-0.2, 0) is 6.54 Å². The van der Waals surface area contributed by atoms with Gasteiger partial charge in [-0.15, -0.1) is 5.10 Å². The second-order valence-electron chi connectivity index (χ2n) is 5.86. The summed E-state index contributed by atoms with van der Waals surface area (Å²) in [5.41, 5.74) is 1.37. The standard InChI is InChI=1S/C19H15F2N5O/c1-12-18(24-25-26(12)11-13-6-8-14(20)9-7-13)19(27)23-17(10-22)15-4-2-3-5-16(15)21/h2-9,17H,11H2,1H3,(H,23,27). The highest BCUT2D eigenvalue weighted by Gasteiger charge is 2.22. The maximum atomic E-state index is 13.9. The highest BCUT2D eigenvalue weighted by molar-refractivity contribution is 5.93. The van der Waals surface area contributed by atoms with E-state index in [-0.39, 0.29) is 17.1 Å². The van der Waals surface area contributed by atoms with Gasteiger partial charge in [-0.05, 0) is 30.7 Å². The fourth-order valence-corrected chi connectivity index (χ4v) is 2.57. The molecule has 3 rings (SSSR count). The first-order chi connectivity index (χ1) is 13.0. The van der Waals surface area contributed by atoms with E-state index in [2.05, 4.69) is 15.6 Å². The number of carbonyl (C=O) groups excluding carboxylic acids is 1. The lowest BCUT2D eigenvalue weighted by Crippen LogP contribution is -2.29. The van der Waals surface area contributed by atoms with Gasteiger partial charge in [0.2, 0.25) is 0 Å². The highest BCUT2D eigenvalue weighted by atomic mass is 19.1. The summed E-state index contributed by atoms with van der Waals surface area (Å²) < 4.78 is 28.4. The van der Waals surface area contributed by atoms with Crippen LogP contribution >= 0.6 is 0 Å². The zero-order chi connectivity index (χ0) is 19.4. The van der Waals surface area contributed by atoms with Crippen LogP contribution in [0.15, 0.2) is 48.5 Å². The van der Waals surface area contributed by atoms with Crippen LogP contribution in [0.3, 0.4) is 0 Å². The van der Waals surface area contributed by atoms with Crippen LogP contribution in [0.2, 0.25) is 0 Å². The maximum Gasteiger partial charge on any atom is 0.275 e. The van der Waals surface area contributed by atoms with Gasteiger partial charge in [0.25, 0.3) is 5.91 Å². The van der Waals surface area contributed by atoms with E-state index in [0.717, 1.165) is 5.56 Å². The Kier molecular flexibility index (Phi) is 5.22. The molecule has 0 radical (unpaired) electrons. The van der Waals surface area contributed by atoms with Crippen molar-refractivity contribution in [3.63, 3.8) is 0 Å². The average molecular weight is 367 g/mol. The van der Waals surface area contributed by atoms with Gasteiger partial charge >= 0.3 is 0 Å². The number of halogens is 2. The Morgan fingerprint density at radius 1 is 1.22 bits per heavy atom. The number of nitrogens with zero attached hydrogens (tertiary/aromatic N) is 4. The molecule has 2 aromatic carbocycles. The lowest BCUT2D eigenvalue weighted by molar-refractivity contribution is 0.0939. The molecule has 0 saturated carbocycles. The SMILES string of the molecule is Cc1c(C(=O)NC(C#N)c2ccccc2F)nnn1Cc1ccc(F)cc1. The second-order valence-corrected chi connectivity index (χ2v) is 5.86. The summed E-state index contributed by atoms with van der Waals surface area (Å²) in [6.45, 7) is 1.96. The van der Waals surface area contributed by atoms with Crippen LogP contribution in [0.25, 0.3) is 0 Å².